The maximum Gasteiger partial charge on any atom is 0.274 e. The molecule has 0 aliphatic carbocycles. The Hall–Kier alpha value is -0.580. The molecule has 0 saturated heterocycles. The Morgan fingerprint density at radius 1 is 1.25 bits per heavy atom. The lowest BCUT2D eigenvalue weighted by atomic mass is 10.9. The van der Waals surface area contributed by atoms with E-state index >= 15 is 0 Å². The number of rotatable bonds is 0. The summed E-state index contributed by atoms with van der Waals surface area (Å²) in [4.78, 5) is 2.52. The van der Waals surface area contributed by atoms with Crippen molar-refractivity contribution in [2.24, 2.45) is 0 Å². The highest BCUT2D eigenvalue weighted by molar-refractivity contribution is 7.08. The van der Waals surface area contributed by atoms with Gasteiger partial charge in [-0.3, -0.25) is 0 Å². The minimum atomic E-state index is -1.37. The molecule has 0 radical (unpaired) electrons. The second kappa shape index (κ2) is 1.74. The van der Waals surface area contributed by atoms with E-state index in [-0.39, 0.29) is 11.3 Å². The predicted molar refractivity (Wildman–Crippen MR) is 22.0 cm³/mol. The van der Waals surface area contributed by atoms with E-state index in [0.717, 1.165) is 0 Å². The molecule has 0 saturated carbocycles. The highest BCUT2D eigenvalue weighted by atomic mass is 32.1. The van der Waals surface area contributed by atoms with Gasteiger partial charge in [-0.1, -0.05) is 11.3 Å². The Morgan fingerprint density at radius 2 is 1.88 bits per heavy atom. The van der Waals surface area contributed by atoms with Crippen LogP contribution in [0.15, 0.2) is 0 Å². The van der Waals surface area contributed by atoms with Crippen molar-refractivity contribution in [3.05, 3.63) is 16.3 Å². The van der Waals surface area contributed by atoms with Gasteiger partial charge in [-0.15, -0.1) is 0 Å². The molecule has 0 bridgehead atoms. The van der Waals surface area contributed by atoms with Crippen molar-refractivity contribution in [1.29, 1.82) is 0 Å². The molecule has 44 valence electrons. The Balaban J connectivity index is 3.14. The van der Waals surface area contributed by atoms with Gasteiger partial charge in [0.05, 0.1) is 0 Å². The van der Waals surface area contributed by atoms with Crippen molar-refractivity contribution in [3.63, 3.8) is 0 Å². The molecule has 0 unspecified atom stereocenters. The average molecular weight is 139 g/mol. The average Bonchev–Trinajstić information content (AvgIpc) is 1.85. The van der Waals surface area contributed by atoms with Crippen LogP contribution in [0, 0.1) is 16.3 Å². The molecule has 0 aliphatic heterocycles. The van der Waals surface area contributed by atoms with E-state index in [1.54, 1.807) is 0 Å². The van der Waals surface area contributed by atoms with Gasteiger partial charge in [0, 0.05) is 0 Å². The van der Waals surface area contributed by atoms with Crippen LogP contribution in [0.25, 0.3) is 0 Å². The number of hydrogen-bond acceptors (Lipinski definition) is 2. The third kappa shape index (κ3) is 0.812. The van der Waals surface area contributed by atoms with E-state index in [1.165, 1.54) is 0 Å². The number of hydrogen-bond donors (Lipinski definition) is 0. The van der Waals surface area contributed by atoms with Crippen molar-refractivity contribution >= 4 is 11.3 Å². The zero-order valence-corrected chi connectivity index (χ0v) is 4.31. The molecular formula is C3F3NS. The Labute approximate surface area is 46.8 Å². The lowest BCUT2D eigenvalue weighted by Crippen LogP contribution is -1.74. The van der Waals surface area contributed by atoms with E-state index in [9.17, 15) is 13.2 Å². The van der Waals surface area contributed by atoms with E-state index in [2.05, 4.69) is 4.98 Å². The van der Waals surface area contributed by atoms with E-state index in [4.69, 9.17) is 0 Å². The zero-order valence-electron chi connectivity index (χ0n) is 3.49. The van der Waals surface area contributed by atoms with Crippen LogP contribution in [0.4, 0.5) is 13.2 Å². The van der Waals surface area contributed by atoms with E-state index in [0.29, 0.717) is 0 Å². The van der Waals surface area contributed by atoms with Gasteiger partial charge in [0.1, 0.15) is 0 Å². The molecule has 5 heteroatoms. The molecule has 1 rings (SSSR count). The van der Waals surface area contributed by atoms with Gasteiger partial charge < -0.3 is 0 Å². The normalized spacial score (nSPS) is 9.88. The lowest BCUT2D eigenvalue weighted by molar-refractivity contribution is 0.487. The van der Waals surface area contributed by atoms with Crippen LogP contribution in [0.2, 0.25) is 0 Å². The van der Waals surface area contributed by atoms with Crippen LogP contribution in [-0.2, 0) is 0 Å². The molecule has 0 atom stereocenters. The summed E-state index contributed by atoms with van der Waals surface area (Å²) >= 11 is 0.0498. The second-order valence-corrected chi connectivity index (χ2v) is 1.93. The molecule has 0 amide bonds. The van der Waals surface area contributed by atoms with Crippen molar-refractivity contribution in [2.75, 3.05) is 0 Å². The standard InChI is InChI=1S/C3F3NS/c4-1-2(5)8-3(6)7-1. The molecular weight excluding hydrogens is 139 g/mol. The fourth-order valence-corrected chi connectivity index (χ4v) is 0.664. The van der Waals surface area contributed by atoms with Crippen LogP contribution >= 0.6 is 11.3 Å². The van der Waals surface area contributed by atoms with Gasteiger partial charge in [-0.25, -0.2) is 0 Å². The molecule has 1 heterocycles. The molecule has 0 spiro atoms. The number of halogens is 3. The first kappa shape index (κ1) is 5.55. The van der Waals surface area contributed by atoms with Crippen LogP contribution in [0.3, 0.4) is 0 Å². The third-order valence-corrected chi connectivity index (χ3v) is 1.13. The maximum atomic E-state index is 11.7. The minimum absolute atomic E-state index is 0.0498. The van der Waals surface area contributed by atoms with E-state index in [1.807, 2.05) is 0 Å². The Morgan fingerprint density at radius 3 is 2.00 bits per heavy atom. The van der Waals surface area contributed by atoms with Crippen LogP contribution in [0.1, 0.15) is 0 Å². The first-order valence-corrected chi connectivity index (χ1v) is 2.49. The van der Waals surface area contributed by atoms with Gasteiger partial charge in [0.15, 0.2) is 0 Å². The minimum Gasteiger partial charge on any atom is -0.190 e. The summed E-state index contributed by atoms with van der Waals surface area (Å²) in [7, 11) is 0. The van der Waals surface area contributed by atoms with Crippen LogP contribution in [-0.4, -0.2) is 4.98 Å². The summed E-state index contributed by atoms with van der Waals surface area (Å²) in [6, 6.07) is 0. The first-order chi connectivity index (χ1) is 3.70. The van der Waals surface area contributed by atoms with Gasteiger partial charge >= 0.3 is 0 Å². The molecule has 1 nitrogen and oxygen atoms in total. The van der Waals surface area contributed by atoms with Crippen molar-refractivity contribution < 1.29 is 13.2 Å². The molecule has 0 aliphatic rings. The van der Waals surface area contributed by atoms with Crippen molar-refractivity contribution in [1.82, 2.24) is 4.98 Å². The summed E-state index contributed by atoms with van der Waals surface area (Å²) in [5.74, 6) is -1.37. The molecule has 0 N–H and O–H groups in total. The predicted octanol–water partition coefficient (Wildman–Crippen LogP) is 1.56. The first-order valence-electron chi connectivity index (χ1n) is 1.67. The quantitative estimate of drug-likeness (QED) is 0.531. The Kier molecular flexibility index (Phi) is 1.21. The summed E-state index contributed by atoms with van der Waals surface area (Å²) in [5, 5.41) is -2.29. The number of thiazole rings is 1. The van der Waals surface area contributed by atoms with Crippen molar-refractivity contribution in [3.8, 4) is 0 Å². The topological polar surface area (TPSA) is 12.9 Å². The number of nitrogens with zero attached hydrogens (tertiary/aromatic N) is 1. The fourth-order valence-electron chi connectivity index (χ4n) is 0.260. The van der Waals surface area contributed by atoms with Crippen LogP contribution in [0.5, 0.6) is 0 Å². The summed E-state index contributed by atoms with van der Waals surface area (Å²) in [5.41, 5.74) is 0. The van der Waals surface area contributed by atoms with Gasteiger partial charge in [0.25, 0.3) is 11.2 Å². The Bertz CT molecular complexity index is 177. The second-order valence-electron chi connectivity index (χ2n) is 1.03. The molecule has 0 aromatic carbocycles. The molecule has 8 heavy (non-hydrogen) atoms. The SMILES string of the molecule is Fc1nc(F)c(F)s1. The summed E-state index contributed by atoms with van der Waals surface area (Å²) in [6.07, 6.45) is 0. The highest BCUT2D eigenvalue weighted by Gasteiger charge is 2.07. The fraction of sp³-hybridized carbons (Fsp3) is 0. The maximum absolute atomic E-state index is 11.7. The summed E-state index contributed by atoms with van der Waals surface area (Å²) < 4.78 is 34.9. The molecule has 1 aromatic rings. The van der Waals surface area contributed by atoms with Gasteiger partial charge in [-0.2, -0.15) is 18.2 Å². The summed E-state index contributed by atoms with van der Waals surface area (Å²) in [6.45, 7) is 0. The van der Waals surface area contributed by atoms with Gasteiger partial charge in [0.2, 0.25) is 5.13 Å². The molecule has 1 aromatic heterocycles. The lowest BCUT2D eigenvalue weighted by Gasteiger charge is -1.67. The van der Waals surface area contributed by atoms with Gasteiger partial charge in [-0.05, 0) is 0 Å². The monoisotopic (exact) mass is 139 g/mol. The van der Waals surface area contributed by atoms with Crippen molar-refractivity contribution in [2.45, 2.75) is 0 Å². The zero-order chi connectivity index (χ0) is 6.15. The molecule has 0 fully saturated rings. The number of aromatic nitrogens is 1. The highest BCUT2D eigenvalue weighted by Crippen LogP contribution is 2.11. The largest absolute Gasteiger partial charge is 0.274 e. The third-order valence-electron chi connectivity index (χ3n) is 0.522. The smallest absolute Gasteiger partial charge is 0.190 e. The van der Waals surface area contributed by atoms with Crippen LogP contribution < -0.4 is 0 Å². The van der Waals surface area contributed by atoms with E-state index < -0.39 is 16.3 Å².